The SMILES string of the molecule is CN(C)c1cccc(C(=O)N2CCC3(CC2)CN(N=O)c2ccccc23)c1. The highest BCUT2D eigenvalue weighted by molar-refractivity contribution is 5.95. The number of benzene rings is 2. The van der Waals surface area contributed by atoms with Gasteiger partial charge in [0, 0.05) is 43.9 Å². The molecule has 0 saturated carbocycles. The van der Waals surface area contributed by atoms with Crippen molar-refractivity contribution in [3.63, 3.8) is 0 Å². The van der Waals surface area contributed by atoms with Crippen molar-refractivity contribution in [2.24, 2.45) is 5.29 Å². The number of para-hydroxylation sites is 1. The van der Waals surface area contributed by atoms with Crippen LogP contribution in [0.25, 0.3) is 0 Å². The molecule has 1 spiro atoms. The molecule has 1 fully saturated rings. The van der Waals surface area contributed by atoms with Gasteiger partial charge in [-0.3, -0.25) is 4.79 Å². The number of nitrogens with zero attached hydrogens (tertiary/aromatic N) is 4. The van der Waals surface area contributed by atoms with Crippen molar-refractivity contribution >= 4 is 17.3 Å². The summed E-state index contributed by atoms with van der Waals surface area (Å²) in [4.78, 5) is 28.1. The molecule has 2 heterocycles. The van der Waals surface area contributed by atoms with Crippen molar-refractivity contribution in [1.29, 1.82) is 0 Å². The molecule has 2 aromatic carbocycles. The Balaban J connectivity index is 1.52. The molecule has 2 aliphatic heterocycles. The van der Waals surface area contributed by atoms with Crippen molar-refractivity contribution in [3.05, 3.63) is 64.6 Å². The van der Waals surface area contributed by atoms with E-state index in [0.717, 1.165) is 29.8 Å². The van der Waals surface area contributed by atoms with Crippen LogP contribution < -0.4 is 9.91 Å². The molecule has 6 heteroatoms. The van der Waals surface area contributed by atoms with Crippen molar-refractivity contribution in [2.45, 2.75) is 18.3 Å². The highest BCUT2D eigenvalue weighted by atomic mass is 16.3. The van der Waals surface area contributed by atoms with Gasteiger partial charge in [-0.15, -0.1) is 4.91 Å². The summed E-state index contributed by atoms with van der Waals surface area (Å²) in [7, 11) is 3.94. The van der Waals surface area contributed by atoms with Gasteiger partial charge in [0.25, 0.3) is 5.91 Å². The van der Waals surface area contributed by atoms with Crippen LogP contribution in [0.2, 0.25) is 0 Å². The largest absolute Gasteiger partial charge is 0.378 e. The molecule has 1 amide bonds. The van der Waals surface area contributed by atoms with Gasteiger partial charge in [0.15, 0.2) is 0 Å². The predicted molar refractivity (Wildman–Crippen MR) is 107 cm³/mol. The van der Waals surface area contributed by atoms with E-state index in [9.17, 15) is 9.70 Å². The number of fused-ring (bicyclic) bond motifs is 2. The Labute approximate surface area is 159 Å². The number of piperidine rings is 1. The van der Waals surface area contributed by atoms with E-state index in [1.54, 1.807) is 5.01 Å². The second-order valence-electron chi connectivity index (χ2n) is 7.67. The maximum Gasteiger partial charge on any atom is 0.253 e. The van der Waals surface area contributed by atoms with E-state index < -0.39 is 0 Å². The zero-order valence-corrected chi connectivity index (χ0v) is 15.8. The molecule has 4 rings (SSSR count). The maximum atomic E-state index is 13.0. The first-order chi connectivity index (χ1) is 13.0. The highest BCUT2D eigenvalue weighted by Gasteiger charge is 2.45. The summed E-state index contributed by atoms with van der Waals surface area (Å²) in [5.74, 6) is 0.0743. The lowest BCUT2D eigenvalue weighted by molar-refractivity contribution is 0.0674. The molecule has 2 aromatic rings. The van der Waals surface area contributed by atoms with Gasteiger partial charge in [0.1, 0.15) is 0 Å². The van der Waals surface area contributed by atoms with Gasteiger partial charge >= 0.3 is 0 Å². The summed E-state index contributed by atoms with van der Waals surface area (Å²) < 4.78 is 0. The fourth-order valence-electron chi connectivity index (χ4n) is 4.34. The number of hydrogen-bond acceptors (Lipinski definition) is 4. The zero-order chi connectivity index (χ0) is 19.0. The Hall–Kier alpha value is -2.89. The van der Waals surface area contributed by atoms with Gasteiger partial charge in [-0.25, -0.2) is 5.01 Å². The van der Waals surface area contributed by atoms with E-state index in [0.29, 0.717) is 19.6 Å². The first-order valence-electron chi connectivity index (χ1n) is 9.31. The number of likely N-dealkylation sites (tertiary alicyclic amines) is 1. The normalized spacial score (nSPS) is 17.7. The van der Waals surface area contributed by atoms with Gasteiger partial charge in [-0.05, 0) is 42.7 Å². The molecule has 0 N–H and O–H groups in total. The molecule has 6 nitrogen and oxygen atoms in total. The predicted octanol–water partition coefficient (Wildman–Crippen LogP) is 3.43. The monoisotopic (exact) mass is 364 g/mol. The number of carbonyl (C=O) groups is 1. The summed E-state index contributed by atoms with van der Waals surface area (Å²) in [5.41, 5.74) is 3.75. The topological polar surface area (TPSA) is 56.2 Å². The third kappa shape index (κ3) is 2.95. The number of amides is 1. The van der Waals surface area contributed by atoms with E-state index in [4.69, 9.17) is 0 Å². The molecule has 140 valence electrons. The molecule has 27 heavy (non-hydrogen) atoms. The third-order valence-corrected chi connectivity index (χ3v) is 5.92. The first kappa shape index (κ1) is 17.5. The molecular weight excluding hydrogens is 340 g/mol. The van der Waals surface area contributed by atoms with Gasteiger partial charge in [-0.2, -0.15) is 0 Å². The molecular formula is C21H24N4O2. The van der Waals surface area contributed by atoms with E-state index in [1.165, 1.54) is 5.56 Å². The first-order valence-corrected chi connectivity index (χ1v) is 9.31. The Bertz CT molecular complexity index is 872. The molecule has 1 saturated heterocycles. The van der Waals surface area contributed by atoms with Crippen molar-refractivity contribution < 1.29 is 4.79 Å². The van der Waals surface area contributed by atoms with Gasteiger partial charge in [0.2, 0.25) is 0 Å². The fourth-order valence-corrected chi connectivity index (χ4v) is 4.34. The Morgan fingerprint density at radius 2 is 1.81 bits per heavy atom. The van der Waals surface area contributed by atoms with Crippen LogP contribution in [0.1, 0.15) is 28.8 Å². The van der Waals surface area contributed by atoms with E-state index in [-0.39, 0.29) is 11.3 Å². The van der Waals surface area contributed by atoms with Crippen LogP contribution in [0, 0.1) is 4.91 Å². The lowest BCUT2D eigenvalue weighted by Gasteiger charge is -2.39. The van der Waals surface area contributed by atoms with Crippen LogP contribution >= 0.6 is 0 Å². The summed E-state index contributed by atoms with van der Waals surface area (Å²) in [5, 5.41) is 4.77. The van der Waals surface area contributed by atoms with Crippen LogP contribution in [0.5, 0.6) is 0 Å². The maximum absolute atomic E-state index is 13.0. The average molecular weight is 364 g/mol. The van der Waals surface area contributed by atoms with Crippen LogP contribution in [-0.4, -0.2) is 44.5 Å². The summed E-state index contributed by atoms with van der Waals surface area (Å²) in [6, 6.07) is 15.7. The van der Waals surface area contributed by atoms with Gasteiger partial charge in [-0.1, -0.05) is 24.3 Å². The van der Waals surface area contributed by atoms with Gasteiger partial charge in [0.05, 0.1) is 17.5 Å². The summed E-state index contributed by atoms with van der Waals surface area (Å²) in [6.07, 6.45) is 1.68. The molecule has 0 radical (unpaired) electrons. The average Bonchev–Trinajstić information content (AvgIpc) is 3.02. The Morgan fingerprint density at radius 1 is 1.07 bits per heavy atom. The molecule has 0 aromatic heterocycles. The molecule has 0 unspecified atom stereocenters. The number of anilines is 2. The number of carbonyl (C=O) groups excluding carboxylic acids is 1. The van der Waals surface area contributed by atoms with E-state index in [1.807, 2.05) is 66.4 Å². The highest BCUT2D eigenvalue weighted by Crippen LogP contribution is 2.47. The minimum absolute atomic E-state index is 0.0743. The zero-order valence-electron chi connectivity index (χ0n) is 15.8. The standard InChI is InChI=1S/C21H24N4O2/c1-23(2)17-7-5-6-16(14-17)20(26)24-12-10-21(11-13-24)15-25(22-27)19-9-4-3-8-18(19)21/h3-9,14H,10-13,15H2,1-2H3. The van der Waals surface area contributed by atoms with Crippen LogP contribution in [0.3, 0.4) is 0 Å². The molecule has 0 aliphatic carbocycles. The third-order valence-electron chi connectivity index (χ3n) is 5.92. The smallest absolute Gasteiger partial charge is 0.253 e. The summed E-state index contributed by atoms with van der Waals surface area (Å²) in [6.45, 7) is 1.98. The molecule has 0 bridgehead atoms. The summed E-state index contributed by atoms with van der Waals surface area (Å²) >= 11 is 0. The number of rotatable bonds is 3. The minimum atomic E-state index is -0.0905. The van der Waals surface area contributed by atoms with Crippen molar-refractivity contribution in [3.8, 4) is 0 Å². The van der Waals surface area contributed by atoms with Crippen molar-refractivity contribution in [1.82, 2.24) is 4.90 Å². The van der Waals surface area contributed by atoms with E-state index >= 15 is 0 Å². The molecule has 0 atom stereocenters. The van der Waals surface area contributed by atoms with Gasteiger partial charge < -0.3 is 9.80 Å². The number of hydrogen-bond donors (Lipinski definition) is 0. The minimum Gasteiger partial charge on any atom is -0.378 e. The van der Waals surface area contributed by atoms with Crippen molar-refractivity contribution in [2.75, 3.05) is 43.6 Å². The van der Waals surface area contributed by atoms with E-state index in [2.05, 4.69) is 11.4 Å². The molecule has 2 aliphatic rings. The van der Waals surface area contributed by atoms with Crippen LogP contribution in [0.15, 0.2) is 53.8 Å². The number of nitroso groups, excluding NO2 is 1. The second kappa shape index (κ2) is 6.68. The second-order valence-corrected chi connectivity index (χ2v) is 7.67. The van der Waals surface area contributed by atoms with Crippen LogP contribution in [-0.2, 0) is 5.41 Å². The Morgan fingerprint density at radius 3 is 2.52 bits per heavy atom. The lowest BCUT2D eigenvalue weighted by atomic mass is 9.74. The Kier molecular flexibility index (Phi) is 4.34. The fraction of sp³-hybridized carbons (Fsp3) is 0.381. The van der Waals surface area contributed by atoms with Crippen LogP contribution in [0.4, 0.5) is 11.4 Å². The lowest BCUT2D eigenvalue weighted by Crippen LogP contribution is -2.46. The quantitative estimate of drug-likeness (QED) is 0.783.